The number of nitrogens with two attached hydrogens (primary N) is 1. The molecular formula is C13H20N2O2. The van der Waals surface area contributed by atoms with Crippen LogP contribution in [0, 0.1) is 6.92 Å². The lowest BCUT2D eigenvalue weighted by atomic mass is 10.1. The summed E-state index contributed by atoms with van der Waals surface area (Å²) in [5.74, 6) is 0.0434. The molecule has 0 heterocycles. The number of phenolic OH excluding ortho intramolecular Hbond substituents is 1. The highest BCUT2D eigenvalue weighted by molar-refractivity contribution is 5.94. The summed E-state index contributed by atoms with van der Waals surface area (Å²) in [5.41, 5.74) is 7.15. The summed E-state index contributed by atoms with van der Waals surface area (Å²) in [5, 5.41) is 12.1. The third kappa shape index (κ3) is 4.07. The molecule has 0 aliphatic heterocycles. The minimum Gasteiger partial charge on any atom is -0.508 e. The van der Waals surface area contributed by atoms with Gasteiger partial charge in [-0.2, -0.15) is 0 Å². The number of unbranched alkanes of at least 4 members (excludes halogenated alkanes) is 1. The van der Waals surface area contributed by atoms with E-state index in [0.717, 1.165) is 18.4 Å². The van der Waals surface area contributed by atoms with E-state index in [0.29, 0.717) is 12.1 Å². The number of aryl methyl sites for hydroxylation is 1. The maximum absolute atomic E-state index is 11.7. The van der Waals surface area contributed by atoms with Crippen molar-refractivity contribution in [2.24, 2.45) is 5.73 Å². The van der Waals surface area contributed by atoms with E-state index in [-0.39, 0.29) is 11.7 Å². The Morgan fingerprint density at radius 3 is 2.82 bits per heavy atom. The largest absolute Gasteiger partial charge is 0.508 e. The maximum atomic E-state index is 11.7. The van der Waals surface area contributed by atoms with Crippen molar-refractivity contribution in [1.82, 2.24) is 0 Å². The molecule has 17 heavy (non-hydrogen) atoms. The van der Waals surface area contributed by atoms with Crippen LogP contribution in [0.15, 0.2) is 18.2 Å². The van der Waals surface area contributed by atoms with Crippen molar-refractivity contribution in [2.75, 3.05) is 5.32 Å². The zero-order valence-corrected chi connectivity index (χ0v) is 10.4. The molecule has 4 N–H and O–H groups in total. The Hall–Kier alpha value is -1.55. The van der Waals surface area contributed by atoms with Gasteiger partial charge in [0.25, 0.3) is 0 Å². The van der Waals surface area contributed by atoms with Crippen molar-refractivity contribution < 1.29 is 9.90 Å². The Labute approximate surface area is 102 Å². The molecule has 4 heteroatoms. The highest BCUT2D eigenvalue weighted by Crippen LogP contribution is 2.20. The Morgan fingerprint density at radius 2 is 2.24 bits per heavy atom. The van der Waals surface area contributed by atoms with Crippen molar-refractivity contribution in [3.05, 3.63) is 23.8 Å². The van der Waals surface area contributed by atoms with Crippen LogP contribution in [0.25, 0.3) is 0 Å². The number of rotatable bonds is 5. The van der Waals surface area contributed by atoms with Gasteiger partial charge in [-0.1, -0.05) is 19.8 Å². The van der Waals surface area contributed by atoms with Gasteiger partial charge in [0.1, 0.15) is 5.75 Å². The van der Waals surface area contributed by atoms with Crippen LogP contribution in [0.5, 0.6) is 5.75 Å². The molecule has 1 rings (SSSR count). The van der Waals surface area contributed by atoms with Crippen molar-refractivity contribution in [1.29, 1.82) is 0 Å². The number of hydrogen-bond donors (Lipinski definition) is 3. The van der Waals surface area contributed by atoms with Crippen LogP contribution in [0.3, 0.4) is 0 Å². The first-order chi connectivity index (χ1) is 8.04. The molecule has 94 valence electrons. The van der Waals surface area contributed by atoms with E-state index in [2.05, 4.69) is 12.2 Å². The molecule has 0 aromatic heterocycles. The van der Waals surface area contributed by atoms with E-state index >= 15 is 0 Å². The summed E-state index contributed by atoms with van der Waals surface area (Å²) >= 11 is 0. The normalized spacial score (nSPS) is 12.2. The number of nitrogens with one attached hydrogen (secondary N) is 1. The van der Waals surface area contributed by atoms with Crippen LogP contribution in [0.4, 0.5) is 5.69 Å². The SMILES string of the molecule is CCCC[C@H](N)C(=O)Nc1ccc(O)c(C)c1. The number of hydrogen-bond acceptors (Lipinski definition) is 3. The monoisotopic (exact) mass is 236 g/mol. The topological polar surface area (TPSA) is 75.4 Å². The molecule has 4 nitrogen and oxygen atoms in total. The van der Waals surface area contributed by atoms with Gasteiger partial charge in [-0.15, -0.1) is 0 Å². The van der Waals surface area contributed by atoms with E-state index in [1.807, 2.05) is 0 Å². The standard InChI is InChI=1S/C13H20N2O2/c1-3-4-5-11(14)13(17)15-10-6-7-12(16)9(2)8-10/h6-8,11,16H,3-5,14H2,1-2H3,(H,15,17)/t11-/m0/s1. The molecule has 0 spiro atoms. The first-order valence-corrected chi connectivity index (χ1v) is 5.90. The molecule has 0 aliphatic carbocycles. The molecule has 0 saturated carbocycles. The smallest absolute Gasteiger partial charge is 0.241 e. The molecule has 0 aliphatic rings. The zero-order chi connectivity index (χ0) is 12.8. The minimum absolute atomic E-state index is 0.177. The number of carbonyl (C=O) groups is 1. The van der Waals surface area contributed by atoms with Crippen molar-refractivity contribution >= 4 is 11.6 Å². The molecule has 0 radical (unpaired) electrons. The van der Waals surface area contributed by atoms with Crippen LogP contribution < -0.4 is 11.1 Å². The Bertz CT molecular complexity index is 391. The van der Waals surface area contributed by atoms with E-state index in [1.54, 1.807) is 25.1 Å². The van der Waals surface area contributed by atoms with Gasteiger partial charge in [0, 0.05) is 5.69 Å². The van der Waals surface area contributed by atoms with Gasteiger partial charge in [0.2, 0.25) is 5.91 Å². The molecule has 0 fully saturated rings. The third-order valence-electron chi connectivity index (χ3n) is 2.67. The van der Waals surface area contributed by atoms with Crippen LogP contribution in [-0.2, 0) is 4.79 Å². The van der Waals surface area contributed by atoms with E-state index in [4.69, 9.17) is 5.73 Å². The molecule has 1 aromatic carbocycles. The summed E-state index contributed by atoms with van der Waals surface area (Å²) in [6, 6.07) is 4.47. The van der Waals surface area contributed by atoms with Gasteiger partial charge in [-0.3, -0.25) is 4.79 Å². The molecule has 1 aromatic rings. The predicted molar refractivity (Wildman–Crippen MR) is 69.0 cm³/mol. The zero-order valence-electron chi connectivity index (χ0n) is 10.4. The minimum atomic E-state index is -0.468. The van der Waals surface area contributed by atoms with E-state index < -0.39 is 6.04 Å². The Kier molecular flexibility index (Phi) is 4.97. The summed E-state index contributed by atoms with van der Waals surface area (Å²) in [6.45, 7) is 3.84. The van der Waals surface area contributed by atoms with Gasteiger partial charge >= 0.3 is 0 Å². The Morgan fingerprint density at radius 1 is 1.53 bits per heavy atom. The lowest BCUT2D eigenvalue weighted by Gasteiger charge is -2.12. The fourth-order valence-electron chi connectivity index (χ4n) is 1.52. The Balaban J connectivity index is 2.58. The van der Waals surface area contributed by atoms with Gasteiger partial charge < -0.3 is 16.2 Å². The number of anilines is 1. The second-order valence-electron chi connectivity index (χ2n) is 4.24. The summed E-state index contributed by atoms with van der Waals surface area (Å²) < 4.78 is 0. The number of phenols is 1. The molecule has 1 amide bonds. The maximum Gasteiger partial charge on any atom is 0.241 e. The van der Waals surface area contributed by atoms with E-state index in [1.165, 1.54) is 0 Å². The number of benzene rings is 1. The highest BCUT2D eigenvalue weighted by Gasteiger charge is 2.12. The number of amides is 1. The molecule has 0 bridgehead atoms. The quantitative estimate of drug-likeness (QED) is 0.686. The van der Waals surface area contributed by atoms with Crippen molar-refractivity contribution in [3.8, 4) is 5.75 Å². The predicted octanol–water partition coefficient (Wildman–Crippen LogP) is 2.16. The van der Waals surface area contributed by atoms with Crippen LogP contribution in [0.1, 0.15) is 31.7 Å². The van der Waals surface area contributed by atoms with Gasteiger partial charge in [-0.05, 0) is 37.1 Å². The van der Waals surface area contributed by atoms with E-state index in [9.17, 15) is 9.90 Å². The summed E-state index contributed by atoms with van der Waals surface area (Å²) in [4.78, 5) is 11.7. The fourth-order valence-corrected chi connectivity index (χ4v) is 1.52. The van der Waals surface area contributed by atoms with Crippen LogP contribution in [0.2, 0.25) is 0 Å². The molecule has 0 saturated heterocycles. The van der Waals surface area contributed by atoms with Gasteiger partial charge in [0.05, 0.1) is 6.04 Å². The van der Waals surface area contributed by atoms with Gasteiger partial charge in [-0.25, -0.2) is 0 Å². The average molecular weight is 236 g/mol. The lowest BCUT2D eigenvalue weighted by molar-refractivity contribution is -0.117. The first-order valence-electron chi connectivity index (χ1n) is 5.90. The average Bonchev–Trinajstić information content (AvgIpc) is 2.30. The molecule has 0 unspecified atom stereocenters. The third-order valence-corrected chi connectivity index (χ3v) is 2.67. The number of aromatic hydroxyl groups is 1. The van der Waals surface area contributed by atoms with Crippen molar-refractivity contribution in [2.45, 2.75) is 39.2 Å². The lowest BCUT2D eigenvalue weighted by Crippen LogP contribution is -2.35. The number of carbonyl (C=O) groups excluding carboxylic acids is 1. The van der Waals surface area contributed by atoms with Crippen LogP contribution in [-0.4, -0.2) is 17.1 Å². The first kappa shape index (κ1) is 13.5. The van der Waals surface area contributed by atoms with Crippen molar-refractivity contribution in [3.63, 3.8) is 0 Å². The summed E-state index contributed by atoms with van der Waals surface area (Å²) in [6.07, 6.45) is 2.67. The highest BCUT2D eigenvalue weighted by atomic mass is 16.3. The second kappa shape index (κ2) is 6.25. The van der Waals surface area contributed by atoms with Gasteiger partial charge in [0.15, 0.2) is 0 Å². The van der Waals surface area contributed by atoms with Crippen LogP contribution >= 0.6 is 0 Å². The fraction of sp³-hybridized carbons (Fsp3) is 0.462. The second-order valence-corrected chi connectivity index (χ2v) is 4.24. The molecular weight excluding hydrogens is 216 g/mol. The molecule has 1 atom stereocenters. The summed E-state index contributed by atoms with van der Waals surface area (Å²) in [7, 11) is 0.